The Morgan fingerprint density at radius 1 is 1.50 bits per heavy atom. The minimum atomic E-state index is 0.323. The van der Waals surface area contributed by atoms with Gasteiger partial charge in [0.1, 0.15) is 5.75 Å². The van der Waals surface area contributed by atoms with Crippen molar-refractivity contribution in [2.75, 3.05) is 5.75 Å². The van der Waals surface area contributed by atoms with Crippen LogP contribution in [0.15, 0.2) is 22.7 Å². The predicted molar refractivity (Wildman–Crippen MR) is 57.6 cm³/mol. The van der Waals surface area contributed by atoms with Crippen LogP contribution in [0.4, 0.5) is 0 Å². The first-order valence-electron chi connectivity index (χ1n) is 3.79. The number of aromatic hydroxyl groups is 1. The highest BCUT2D eigenvalue weighted by Gasteiger charge is 1.98. The first-order chi connectivity index (χ1) is 5.74. The van der Waals surface area contributed by atoms with E-state index in [4.69, 9.17) is 0 Å². The van der Waals surface area contributed by atoms with Gasteiger partial charge in [0.2, 0.25) is 0 Å². The number of thioether (sulfide) groups is 1. The van der Waals surface area contributed by atoms with Crippen molar-refractivity contribution < 1.29 is 5.11 Å². The molecule has 0 fully saturated rings. The van der Waals surface area contributed by atoms with E-state index in [-0.39, 0.29) is 0 Å². The minimum Gasteiger partial charge on any atom is -0.507 e. The second-order valence-corrected chi connectivity index (χ2v) is 4.55. The molecular formula is C9H11BrOS. The fourth-order valence-electron chi connectivity index (χ4n) is 0.868. The summed E-state index contributed by atoms with van der Waals surface area (Å²) in [6.07, 6.45) is 0. The van der Waals surface area contributed by atoms with Gasteiger partial charge in [-0.15, -0.1) is 0 Å². The minimum absolute atomic E-state index is 0.323. The van der Waals surface area contributed by atoms with Crippen molar-refractivity contribution in [3.63, 3.8) is 0 Å². The third kappa shape index (κ3) is 2.72. The van der Waals surface area contributed by atoms with Gasteiger partial charge in [0, 0.05) is 5.75 Å². The lowest BCUT2D eigenvalue weighted by Gasteiger charge is -2.01. The Balaban J connectivity index is 2.69. The highest BCUT2D eigenvalue weighted by Crippen LogP contribution is 2.25. The molecule has 0 radical (unpaired) electrons. The first-order valence-corrected chi connectivity index (χ1v) is 5.74. The smallest absolute Gasteiger partial charge is 0.130 e. The SMILES string of the molecule is CCSCc1ccc(Br)c(O)c1. The Morgan fingerprint density at radius 3 is 2.83 bits per heavy atom. The van der Waals surface area contributed by atoms with Gasteiger partial charge in [0.25, 0.3) is 0 Å². The standard InChI is InChI=1S/C9H11BrOS/c1-2-12-6-7-3-4-8(10)9(11)5-7/h3-5,11H,2,6H2,1H3. The van der Waals surface area contributed by atoms with E-state index < -0.39 is 0 Å². The fraction of sp³-hybridized carbons (Fsp3) is 0.333. The summed E-state index contributed by atoms with van der Waals surface area (Å²) in [6.45, 7) is 2.13. The van der Waals surface area contributed by atoms with Crippen molar-refractivity contribution in [3.8, 4) is 5.75 Å². The third-order valence-corrected chi connectivity index (χ3v) is 3.10. The summed E-state index contributed by atoms with van der Waals surface area (Å²) in [7, 11) is 0. The van der Waals surface area contributed by atoms with Crippen LogP contribution in [0.5, 0.6) is 5.75 Å². The molecule has 0 saturated carbocycles. The van der Waals surface area contributed by atoms with Gasteiger partial charge in [-0.05, 0) is 39.4 Å². The van der Waals surface area contributed by atoms with Gasteiger partial charge in [-0.25, -0.2) is 0 Å². The molecule has 0 aliphatic carbocycles. The maximum atomic E-state index is 9.34. The van der Waals surface area contributed by atoms with Crippen LogP contribution >= 0.6 is 27.7 Å². The zero-order valence-electron chi connectivity index (χ0n) is 6.88. The maximum absolute atomic E-state index is 9.34. The van der Waals surface area contributed by atoms with Crippen LogP contribution in [0.2, 0.25) is 0 Å². The zero-order valence-corrected chi connectivity index (χ0v) is 9.28. The molecule has 1 aromatic carbocycles. The zero-order chi connectivity index (χ0) is 8.97. The maximum Gasteiger partial charge on any atom is 0.130 e. The monoisotopic (exact) mass is 246 g/mol. The molecule has 12 heavy (non-hydrogen) atoms. The summed E-state index contributed by atoms with van der Waals surface area (Å²) < 4.78 is 0.757. The van der Waals surface area contributed by atoms with Gasteiger partial charge in [0.05, 0.1) is 4.47 Å². The number of hydrogen-bond acceptors (Lipinski definition) is 2. The van der Waals surface area contributed by atoms with E-state index in [0.29, 0.717) is 5.75 Å². The highest BCUT2D eigenvalue weighted by atomic mass is 79.9. The fourth-order valence-corrected chi connectivity index (χ4v) is 1.73. The number of rotatable bonds is 3. The lowest BCUT2D eigenvalue weighted by Crippen LogP contribution is -1.80. The molecule has 0 aliphatic heterocycles. The topological polar surface area (TPSA) is 20.2 Å². The Labute approximate surface area is 85.3 Å². The molecule has 0 heterocycles. The first kappa shape index (κ1) is 9.93. The lowest BCUT2D eigenvalue weighted by atomic mass is 10.2. The predicted octanol–water partition coefficient (Wildman–Crippen LogP) is 3.41. The number of hydrogen-bond donors (Lipinski definition) is 1. The molecule has 0 unspecified atom stereocenters. The van der Waals surface area contributed by atoms with Crippen LogP contribution in [0.25, 0.3) is 0 Å². The van der Waals surface area contributed by atoms with Gasteiger partial charge in [-0.3, -0.25) is 0 Å². The third-order valence-electron chi connectivity index (χ3n) is 1.48. The van der Waals surface area contributed by atoms with Gasteiger partial charge in [-0.1, -0.05) is 13.0 Å². The molecule has 0 amide bonds. The average molecular weight is 247 g/mol. The van der Waals surface area contributed by atoms with Crippen molar-refractivity contribution in [3.05, 3.63) is 28.2 Å². The second kappa shape index (κ2) is 4.77. The van der Waals surface area contributed by atoms with Crippen molar-refractivity contribution in [1.82, 2.24) is 0 Å². The number of benzene rings is 1. The van der Waals surface area contributed by atoms with Crippen LogP contribution in [-0.2, 0) is 5.75 Å². The van der Waals surface area contributed by atoms with Gasteiger partial charge in [-0.2, -0.15) is 11.8 Å². The molecular weight excluding hydrogens is 236 g/mol. The Kier molecular flexibility index (Phi) is 3.95. The van der Waals surface area contributed by atoms with Crippen molar-refractivity contribution in [2.45, 2.75) is 12.7 Å². The van der Waals surface area contributed by atoms with Crippen molar-refractivity contribution in [1.29, 1.82) is 0 Å². The highest BCUT2D eigenvalue weighted by molar-refractivity contribution is 9.10. The number of phenols is 1. The van der Waals surface area contributed by atoms with Gasteiger partial charge in [0.15, 0.2) is 0 Å². The summed E-state index contributed by atoms with van der Waals surface area (Å²) in [5, 5.41) is 9.34. The Morgan fingerprint density at radius 2 is 2.25 bits per heavy atom. The molecule has 0 aromatic heterocycles. The lowest BCUT2D eigenvalue weighted by molar-refractivity contribution is 0.471. The van der Waals surface area contributed by atoms with E-state index in [0.717, 1.165) is 16.0 Å². The van der Waals surface area contributed by atoms with Crippen LogP contribution < -0.4 is 0 Å². The molecule has 66 valence electrons. The molecule has 1 nitrogen and oxygen atoms in total. The second-order valence-electron chi connectivity index (χ2n) is 2.42. The van der Waals surface area contributed by atoms with E-state index >= 15 is 0 Å². The molecule has 1 rings (SSSR count). The summed E-state index contributed by atoms with van der Waals surface area (Å²) >= 11 is 5.09. The largest absolute Gasteiger partial charge is 0.507 e. The van der Waals surface area contributed by atoms with E-state index in [9.17, 15) is 5.11 Å². The van der Waals surface area contributed by atoms with Crippen LogP contribution in [-0.4, -0.2) is 10.9 Å². The van der Waals surface area contributed by atoms with Gasteiger partial charge < -0.3 is 5.11 Å². The van der Waals surface area contributed by atoms with Gasteiger partial charge >= 0.3 is 0 Å². The summed E-state index contributed by atoms with van der Waals surface area (Å²) in [5.41, 5.74) is 1.17. The quantitative estimate of drug-likeness (QED) is 0.883. The molecule has 3 heteroatoms. The van der Waals surface area contributed by atoms with Crippen LogP contribution in [0.3, 0.4) is 0 Å². The molecule has 0 bridgehead atoms. The molecule has 1 aromatic rings. The van der Waals surface area contributed by atoms with E-state index in [2.05, 4.69) is 22.9 Å². The normalized spacial score (nSPS) is 10.2. The van der Waals surface area contributed by atoms with E-state index in [1.807, 2.05) is 23.9 Å². The summed E-state index contributed by atoms with van der Waals surface area (Å²) in [4.78, 5) is 0. The molecule has 0 spiro atoms. The van der Waals surface area contributed by atoms with Crippen molar-refractivity contribution >= 4 is 27.7 Å². The summed E-state index contributed by atoms with van der Waals surface area (Å²) in [6, 6.07) is 5.69. The summed E-state index contributed by atoms with van der Waals surface area (Å²) in [5.74, 6) is 2.40. The van der Waals surface area contributed by atoms with E-state index in [1.54, 1.807) is 6.07 Å². The van der Waals surface area contributed by atoms with Crippen LogP contribution in [0.1, 0.15) is 12.5 Å². The average Bonchev–Trinajstić information content (AvgIpc) is 2.07. The Bertz CT molecular complexity index is 263. The molecule has 0 atom stereocenters. The Hall–Kier alpha value is -0.150. The van der Waals surface area contributed by atoms with E-state index in [1.165, 1.54) is 5.56 Å². The molecule has 1 N–H and O–H groups in total. The number of phenolic OH excluding ortho intramolecular Hbond substituents is 1. The molecule has 0 saturated heterocycles. The van der Waals surface area contributed by atoms with Crippen molar-refractivity contribution in [2.24, 2.45) is 0 Å². The van der Waals surface area contributed by atoms with Crippen LogP contribution in [0, 0.1) is 0 Å². The molecule has 0 aliphatic rings. The number of halogens is 1.